The van der Waals surface area contributed by atoms with E-state index in [2.05, 4.69) is 97.5 Å². The van der Waals surface area contributed by atoms with Gasteiger partial charge in [0.2, 0.25) is 0 Å². The first-order valence-electron chi connectivity index (χ1n) is 11.4. The van der Waals surface area contributed by atoms with E-state index in [9.17, 15) is 0 Å². The molecule has 0 saturated heterocycles. The van der Waals surface area contributed by atoms with Crippen molar-refractivity contribution < 1.29 is 0 Å². The highest BCUT2D eigenvalue weighted by Gasteiger charge is 2.35. The minimum Gasteiger partial charge on any atom is -0.364 e. The van der Waals surface area contributed by atoms with Gasteiger partial charge in [-0.3, -0.25) is 9.98 Å². The summed E-state index contributed by atoms with van der Waals surface area (Å²) in [5, 5.41) is 0. The van der Waals surface area contributed by atoms with E-state index in [1.54, 1.807) is 0 Å². The Labute approximate surface area is 189 Å². The third kappa shape index (κ3) is 4.18. The van der Waals surface area contributed by atoms with Crippen molar-refractivity contribution in [3.8, 4) is 0 Å². The first-order valence-corrected chi connectivity index (χ1v) is 11.4. The van der Waals surface area contributed by atoms with Gasteiger partial charge < -0.3 is 9.97 Å². The van der Waals surface area contributed by atoms with Crippen LogP contribution in [0.15, 0.2) is 88.6 Å². The maximum Gasteiger partial charge on any atom is 0.0663 e. The Balaban J connectivity index is 1.36. The average molecular weight is 423 g/mol. The molecule has 2 aliphatic heterocycles. The number of nitrogens with zero attached hydrogens (tertiary/aromatic N) is 2. The number of aromatic amines is 2. The number of allylic oxidation sites excluding steroid dienone is 2. The maximum absolute atomic E-state index is 4.97. The summed E-state index contributed by atoms with van der Waals surface area (Å²) in [7, 11) is 0. The molecule has 0 spiro atoms. The quantitative estimate of drug-likeness (QED) is 0.466. The molecule has 0 aliphatic carbocycles. The fourth-order valence-electron chi connectivity index (χ4n) is 4.93. The van der Waals surface area contributed by atoms with Crippen molar-refractivity contribution in [2.24, 2.45) is 15.4 Å². The number of rotatable bonds is 6. The molecule has 2 aliphatic rings. The molecule has 2 atom stereocenters. The van der Waals surface area contributed by atoms with Crippen LogP contribution >= 0.6 is 0 Å². The molecule has 2 N–H and O–H groups in total. The van der Waals surface area contributed by atoms with Gasteiger partial charge in [0.1, 0.15) is 0 Å². The van der Waals surface area contributed by atoms with Crippen molar-refractivity contribution >= 4 is 17.5 Å². The maximum atomic E-state index is 4.97. The lowest BCUT2D eigenvalue weighted by Gasteiger charge is -2.24. The van der Waals surface area contributed by atoms with Crippen LogP contribution in [0.25, 0.3) is 6.08 Å². The topological polar surface area (TPSA) is 56.3 Å². The van der Waals surface area contributed by atoms with E-state index in [1.807, 2.05) is 12.3 Å². The number of aromatic nitrogens is 2. The summed E-state index contributed by atoms with van der Waals surface area (Å²) in [6, 6.07) is 19.4. The van der Waals surface area contributed by atoms with Gasteiger partial charge in [0.25, 0.3) is 0 Å². The lowest BCUT2D eigenvalue weighted by molar-refractivity contribution is 0.320. The molecule has 2 aromatic heterocycles. The molecular formula is C28H30N4. The van der Waals surface area contributed by atoms with Gasteiger partial charge in [0.15, 0.2) is 0 Å². The molecule has 0 amide bonds. The average Bonchev–Trinajstić information content (AvgIpc) is 3.55. The van der Waals surface area contributed by atoms with E-state index in [-0.39, 0.29) is 11.3 Å². The van der Waals surface area contributed by atoms with Gasteiger partial charge in [0, 0.05) is 35.4 Å². The van der Waals surface area contributed by atoms with Gasteiger partial charge in [0.05, 0.1) is 23.4 Å². The van der Waals surface area contributed by atoms with Gasteiger partial charge in [-0.05, 0) is 66.8 Å². The number of aliphatic imine (C=N–C) groups is 2. The largest absolute Gasteiger partial charge is 0.364 e. The van der Waals surface area contributed by atoms with Gasteiger partial charge in [-0.1, -0.05) is 44.2 Å². The minimum absolute atomic E-state index is 0.0956. The lowest BCUT2D eigenvalue weighted by Crippen LogP contribution is -2.25. The minimum atomic E-state index is 0.0956. The zero-order chi connectivity index (χ0) is 22.1. The van der Waals surface area contributed by atoms with Crippen molar-refractivity contribution in [3.05, 3.63) is 101 Å². The molecule has 4 heteroatoms. The zero-order valence-corrected chi connectivity index (χ0v) is 19.0. The van der Waals surface area contributed by atoms with Crippen molar-refractivity contribution in [1.29, 1.82) is 0 Å². The summed E-state index contributed by atoms with van der Waals surface area (Å²) in [5.74, 6) is 0.0956. The number of H-pyrrole nitrogens is 2. The Bertz CT molecular complexity index is 1200. The molecule has 1 aromatic carbocycles. The monoisotopic (exact) mass is 422 g/mol. The molecule has 162 valence electrons. The number of hydrogen-bond acceptors (Lipinski definition) is 2. The molecular weight excluding hydrogens is 392 g/mol. The molecule has 0 fully saturated rings. The first-order chi connectivity index (χ1) is 15.5. The first kappa shape index (κ1) is 20.5. The normalized spacial score (nSPS) is 21.7. The Hall–Kier alpha value is -3.40. The molecule has 32 heavy (non-hydrogen) atoms. The highest BCUT2D eigenvalue weighted by molar-refractivity contribution is 6.05. The predicted molar refractivity (Wildman–Crippen MR) is 133 cm³/mol. The van der Waals surface area contributed by atoms with E-state index < -0.39 is 0 Å². The lowest BCUT2D eigenvalue weighted by atomic mass is 9.81. The van der Waals surface area contributed by atoms with Gasteiger partial charge in [-0.2, -0.15) is 0 Å². The van der Waals surface area contributed by atoms with E-state index in [0.717, 1.165) is 35.6 Å². The van der Waals surface area contributed by atoms with E-state index >= 15 is 0 Å². The van der Waals surface area contributed by atoms with E-state index in [1.165, 1.54) is 17.0 Å². The summed E-state index contributed by atoms with van der Waals surface area (Å²) >= 11 is 0. The van der Waals surface area contributed by atoms with Crippen LogP contribution in [0, 0.1) is 5.41 Å². The second-order valence-electron chi connectivity index (χ2n) is 9.60. The Morgan fingerprint density at radius 3 is 2.62 bits per heavy atom. The SMILES string of the molecule is CC1=NC(Cc2ccc(/C=C3\C=CC(C(c4ccccc4)c4ccc[nH]4)=N3)[nH]2)C(C)(C)C1. The molecule has 3 aromatic rings. The Morgan fingerprint density at radius 1 is 1.06 bits per heavy atom. The van der Waals surface area contributed by atoms with Gasteiger partial charge in [-0.15, -0.1) is 0 Å². The van der Waals surface area contributed by atoms with Crippen LogP contribution in [0.3, 0.4) is 0 Å². The third-order valence-corrected chi connectivity index (χ3v) is 6.52. The van der Waals surface area contributed by atoms with Crippen LogP contribution in [-0.2, 0) is 6.42 Å². The molecule has 0 radical (unpaired) electrons. The smallest absolute Gasteiger partial charge is 0.0663 e. The molecule has 0 saturated carbocycles. The zero-order valence-electron chi connectivity index (χ0n) is 19.0. The van der Waals surface area contributed by atoms with Gasteiger partial charge in [-0.25, -0.2) is 0 Å². The summed E-state index contributed by atoms with van der Waals surface area (Å²) in [5.41, 5.74) is 8.21. The molecule has 2 unspecified atom stereocenters. The summed E-state index contributed by atoms with van der Waals surface area (Å²) < 4.78 is 0. The second kappa shape index (κ2) is 8.27. The summed E-state index contributed by atoms with van der Waals surface area (Å²) in [4.78, 5) is 16.8. The molecule has 0 bridgehead atoms. The number of nitrogens with one attached hydrogen (secondary N) is 2. The van der Waals surface area contributed by atoms with E-state index in [0.29, 0.717) is 6.04 Å². The van der Waals surface area contributed by atoms with Crippen LogP contribution in [0.1, 0.15) is 55.8 Å². The Kier molecular flexibility index (Phi) is 5.30. The predicted octanol–water partition coefficient (Wildman–Crippen LogP) is 6.33. The Morgan fingerprint density at radius 2 is 1.91 bits per heavy atom. The van der Waals surface area contributed by atoms with Crippen LogP contribution in [0.4, 0.5) is 0 Å². The summed E-state index contributed by atoms with van der Waals surface area (Å²) in [6.07, 6.45) is 10.4. The van der Waals surface area contributed by atoms with Crippen LogP contribution < -0.4 is 0 Å². The fourth-order valence-corrected chi connectivity index (χ4v) is 4.93. The van der Waals surface area contributed by atoms with Crippen molar-refractivity contribution in [3.63, 3.8) is 0 Å². The molecule has 5 rings (SSSR count). The second-order valence-corrected chi connectivity index (χ2v) is 9.60. The van der Waals surface area contributed by atoms with Crippen LogP contribution in [0.2, 0.25) is 0 Å². The highest BCUT2D eigenvalue weighted by atomic mass is 14.9. The number of benzene rings is 1. The van der Waals surface area contributed by atoms with Crippen molar-refractivity contribution in [2.45, 2.75) is 45.6 Å². The molecule has 4 nitrogen and oxygen atoms in total. The van der Waals surface area contributed by atoms with E-state index in [4.69, 9.17) is 9.98 Å². The summed E-state index contributed by atoms with van der Waals surface area (Å²) in [6.45, 7) is 6.77. The fraction of sp³-hybridized carbons (Fsp3) is 0.286. The highest BCUT2D eigenvalue weighted by Crippen LogP contribution is 2.36. The molecule has 4 heterocycles. The number of hydrogen-bond donors (Lipinski definition) is 2. The van der Waals surface area contributed by atoms with Crippen molar-refractivity contribution in [1.82, 2.24) is 9.97 Å². The van der Waals surface area contributed by atoms with Crippen molar-refractivity contribution in [2.75, 3.05) is 0 Å². The van der Waals surface area contributed by atoms with Crippen LogP contribution in [0.5, 0.6) is 0 Å². The van der Waals surface area contributed by atoms with Crippen LogP contribution in [-0.4, -0.2) is 27.4 Å². The third-order valence-electron chi connectivity index (χ3n) is 6.52. The van der Waals surface area contributed by atoms with Gasteiger partial charge >= 0.3 is 0 Å². The standard InChI is InChI=1S/C28H30N4/c1-19-18-28(2,3)26(30-19)17-23-12-11-21(31-23)16-22-13-14-25(32-22)27(24-10-7-15-29-24)20-8-5-4-6-9-20/h4-16,26-27,29,31H,17-18H2,1-3H3/b22-16+.